The topological polar surface area (TPSA) is 237 Å². The normalized spacial score (nSPS) is 14.6. The number of carbonyl (C=O) groups excluding carboxylic acids is 4. The number of phosphoric ester groups is 2. The summed E-state index contributed by atoms with van der Waals surface area (Å²) in [5, 5.41) is 10.6. The predicted molar refractivity (Wildman–Crippen MR) is 367 cm³/mol. The van der Waals surface area contributed by atoms with Crippen molar-refractivity contribution in [2.75, 3.05) is 39.6 Å². The number of aliphatic hydroxyl groups excluding tert-OH is 1. The lowest BCUT2D eigenvalue weighted by atomic mass is 9.99. The van der Waals surface area contributed by atoms with Crippen LogP contribution in [-0.2, 0) is 65.4 Å². The van der Waals surface area contributed by atoms with E-state index in [1.165, 1.54) is 148 Å². The highest BCUT2D eigenvalue weighted by Crippen LogP contribution is 2.45. The SMILES string of the molecule is CCCCCC/C=C\C=C/CCCCCCCC(=O)O[C@H](COC(=O)CCCCCCCCCCCC(C)C)COP(=O)(O)OC[C@@H](O)COP(=O)(O)OC[C@@H](COC(=O)CCCCCCCCCCCCCC)OC(=O)CCCCCCCCCCC(C)CC. The van der Waals surface area contributed by atoms with E-state index in [9.17, 15) is 43.2 Å². The van der Waals surface area contributed by atoms with Gasteiger partial charge in [0.25, 0.3) is 0 Å². The van der Waals surface area contributed by atoms with Gasteiger partial charge in [0.15, 0.2) is 12.2 Å². The van der Waals surface area contributed by atoms with Gasteiger partial charge in [-0.15, -0.1) is 0 Å². The van der Waals surface area contributed by atoms with E-state index in [-0.39, 0.29) is 25.7 Å². The number of aliphatic hydroxyl groups is 1. The largest absolute Gasteiger partial charge is 0.472 e. The Kier molecular flexibility index (Phi) is 61.9. The van der Waals surface area contributed by atoms with Gasteiger partial charge in [0.2, 0.25) is 0 Å². The number of allylic oxidation sites excluding steroid dienone is 4. The summed E-state index contributed by atoms with van der Waals surface area (Å²) in [5.41, 5.74) is 0. The average Bonchev–Trinajstić information content (AvgIpc) is 2.83. The molecule has 0 saturated heterocycles. The van der Waals surface area contributed by atoms with E-state index in [1.807, 2.05) is 0 Å². The van der Waals surface area contributed by atoms with Gasteiger partial charge in [-0.25, -0.2) is 9.13 Å². The summed E-state index contributed by atoms with van der Waals surface area (Å²) in [7, 11) is -9.92. The number of phosphoric acid groups is 2. The first-order chi connectivity index (χ1) is 43.9. The van der Waals surface area contributed by atoms with Crippen molar-refractivity contribution in [2.24, 2.45) is 11.8 Å². The Bertz CT molecular complexity index is 1860. The molecule has 0 aromatic rings. The molecule has 0 bridgehead atoms. The van der Waals surface area contributed by atoms with Crippen LogP contribution in [0.2, 0.25) is 0 Å². The molecule has 0 aromatic heterocycles. The second kappa shape index (κ2) is 63.6. The summed E-state index contributed by atoms with van der Waals surface area (Å²) in [5.74, 6) is -0.644. The maximum atomic E-state index is 13.0. The van der Waals surface area contributed by atoms with E-state index in [4.69, 9.17) is 37.0 Å². The Labute approximate surface area is 554 Å². The van der Waals surface area contributed by atoms with Crippen molar-refractivity contribution < 1.29 is 80.2 Å². The number of carbonyl (C=O) groups is 4. The second-order valence-electron chi connectivity index (χ2n) is 26.0. The Morgan fingerprint density at radius 3 is 0.989 bits per heavy atom. The van der Waals surface area contributed by atoms with Crippen molar-refractivity contribution in [3.63, 3.8) is 0 Å². The number of esters is 4. The van der Waals surface area contributed by atoms with E-state index in [1.54, 1.807) is 0 Å². The molecule has 0 fully saturated rings. The third-order valence-corrected chi connectivity index (χ3v) is 18.3. The minimum atomic E-state index is -4.96. The minimum Gasteiger partial charge on any atom is -0.462 e. The van der Waals surface area contributed by atoms with E-state index in [0.29, 0.717) is 25.7 Å². The Balaban J connectivity index is 5.30. The van der Waals surface area contributed by atoms with Crippen LogP contribution >= 0.6 is 15.6 Å². The summed E-state index contributed by atoms with van der Waals surface area (Å²) in [4.78, 5) is 72.6. The van der Waals surface area contributed by atoms with Gasteiger partial charge in [-0.2, -0.15) is 0 Å². The summed E-state index contributed by atoms with van der Waals surface area (Å²) >= 11 is 0. The lowest BCUT2D eigenvalue weighted by Gasteiger charge is -2.21. The molecule has 91 heavy (non-hydrogen) atoms. The molecule has 0 heterocycles. The maximum absolute atomic E-state index is 13.0. The maximum Gasteiger partial charge on any atom is 0.472 e. The van der Waals surface area contributed by atoms with Crippen LogP contribution in [0.4, 0.5) is 0 Å². The second-order valence-corrected chi connectivity index (χ2v) is 28.9. The van der Waals surface area contributed by atoms with Gasteiger partial charge < -0.3 is 33.8 Å². The first-order valence-electron chi connectivity index (χ1n) is 36.8. The fraction of sp³-hybridized carbons (Fsp3) is 0.889. The van der Waals surface area contributed by atoms with Crippen molar-refractivity contribution in [2.45, 2.75) is 362 Å². The molecule has 0 amide bonds. The molecule has 0 aliphatic carbocycles. The van der Waals surface area contributed by atoms with Crippen molar-refractivity contribution in [3.05, 3.63) is 24.3 Å². The van der Waals surface area contributed by atoms with Crippen molar-refractivity contribution in [1.29, 1.82) is 0 Å². The Hall–Kier alpha value is -2.46. The third-order valence-electron chi connectivity index (χ3n) is 16.4. The van der Waals surface area contributed by atoms with Gasteiger partial charge in [0.1, 0.15) is 19.3 Å². The number of hydrogen-bond donors (Lipinski definition) is 3. The molecule has 17 nitrogen and oxygen atoms in total. The molecule has 0 saturated carbocycles. The highest BCUT2D eigenvalue weighted by atomic mass is 31.2. The molecule has 3 unspecified atom stereocenters. The molecule has 0 aliphatic rings. The number of hydrogen-bond acceptors (Lipinski definition) is 15. The molecule has 0 aromatic carbocycles. The zero-order valence-corrected chi connectivity index (χ0v) is 60.4. The molecule has 6 atom stereocenters. The lowest BCUT2D eigenvalue weighted by molar-refractivity contribution is -0.161. The molecular weight excluding hydrogens is 1200 g/mol. The van der Waals surface area contributed by atoms with Crippen molar-refractivity contribution in [1.82, 2.24) is 0 Å². The molecule has 536 valence electrons. The quantitative estimate of drug-likeness (QED) is 0.0169. The number of unbranched alkanes of at least 4 members (excludes halogenated alkanes) is 35. The fourth-order valence-electron chi connectivity index (χ4n) is 10.4. The van der Waals surface area contributed by atoms with Gasteiger partial charge in [0, 0.05) is 25.7 Å². The monoisotopic (exact) mass is 1330 g/mol. The molecule has 0 aliphatic heterocycles. The van der Waals surface area contributed by atoms with E-state index in [0.717, 1.165) is 115 Å². The summed E-state index contributed by atoms with van der Waals surface area (Å²) in [6, 6.07) is 0. The highest BCUT2D eigenvalue weighted by molar-refractivity contribution is 7.47. The first-order valence-corrected chi connectivity index (χ1v) is 39.8. The molecule has 0 rings (SSSR count). The zero-order chi connectivity index (χ0) is 67.2. The average molecular weight is 1340 g/mol. The van der Waals surface area contributed by atoms with Gasteiger partial charge in [-0.1, -0.05) is 291 Å². The standard InChI is InChI=1S/C72H136O17P2/c1-7-10-12-14-16-18-20-22-23-24-26-30-38-44-50-56-71(76)88-67(60-83-70(75)55-49-43-37-31-27-28-34-40-46-52-64(4)5)62-86-90(78,79)84-58-66(73)59-85-91(80,81)87-63-68(89-72(77)57-51-45-39-33-32-35-41-47-53-65(6)9-3)61-82-69(74)54-48-42-36-29-25-21-19-17-15-13-11-8-2/h18,20,22-23,64-68,73H,7-17,19,21,24-63H2,1-6H3,(H,78,79)(H,80,81)/b20-18-,23-22-/t65?,66-,67-,68-/m1/s1. The van der Waals surface area contributed by atoms with Crippen LogP contribution in [0, 0.1) is 11.8 Å². The van der Waals surface area contributed by atoms with Crippen molar-refractivity contribution in [3.8, 4) is 0 Å². The number of ether oxygens (including phenoxy) is 4. The van der Waals surface area contributed by atoms with Crippen LogP contribution in [0.15, 0.2) is 24.3 Å². The first kappa shape index (κ1) is 88.5. The van der Waals surface area contributed by atoms with Crippen LogP contribution in [0.3, 0.4) is 0 Å². The van der Waals surface area contributed by atoms with Crippen LogP contribution in [0.1, 0.15) is 343 Å². The smallest absolute Gasteiger partial charge is 0.462 e. The van der Waals surface area contributed by atoms with Gasteiger partial charge in [-0.3, -0.25) is 37.3 Å². The number of rotatable bonds is 69. The zero-order valence-electron chi connectivity index (χ0n) is 58.6. The van der Waals surface area contributed by atoms with Gasteiger partial charge in [0.05, 0.1) is 26.4 Å². The van der Waals surface area contributed by atoms with E-state index >= 15 is 0 Å². The minimum absolute atomic E-state index is 0.0845. The summed E-state index contributed by atoms with van der Waals surface area (Å²) < 4.78 is 68.3. The van der Waals surface area contributed by atoms with Crippen LogP contribution in [-0.4, -0.2) is 96.7 Å². The Morgan fingerprint density at radius 1 is 0.363 bits per heavy atom. The van der Waals surface area contributed by atoms with Crippen LogP contribution in [0.5, 0.6) is 0 Å². The van der Waals surface area contributed by atoms with Crippen LogP contribution in [0.25, 0.3) is 0 Å². The molecule has 19 heteroatoms. The summed E-state index contributed by atoms with van der Waals surface area (Å²) in [6.07, 6.45) is 52.0. The van der Waals surface area contributed by atoms with Gasteiger partial charge >= 0.3 is 39.5 Å². The molecule has 0 radical (unpaired) electrons. The fourth-order valence-corrected chi connectivity index (χ4v) is 12.0. The van der Waals surface area contributed by atoms with E-state index in [2.05, 4.69) is 65.8 Å². The molecule has 0 spiro atoms. The third kappa shape index (κ3) is 64.6. The predicted octanol–water partition coefficient (Wildman–Crippen LogP) is 20.3. The highest BCUT2D eigenvalue weighted by Gasteiger charge is 2.30. The van der Waals surface area contributed by atoms with E-state index < -0.39 is 97.5 Å². The summed E-state index contributed by atoms with van der Waals surface area (Å²) in [6.45, 7) is 9.47. The van der Waals surface area contributed by atoms with Crippen LogP contribution < -0.4 is 0 Å². The van der Waals surface area contributed by atoms with Gasteiger partial charge in [-0.05, 0) is 63.2 Å². The molecule has 3 N–H and O–H groups in total. The molecular formula is C72H136O17P2. The lowest BCUT2D eigenvalue weighted by Crippen LogP contribution is -2.30. The Morgan fingerprint density at radius 2 is 0.648 bits per heavy atom. The van der Waals surface area contributed by atoms with Crippen molar-refractivity contribution >= 4 is 39.5 Å².